The Morgan fingerprint density at radius 1 is 0.933 bits per heavy atom. The van der Waals surface area contributed by atoms with Crippen LogP contribution in [-0.4, -0.2) is 75.9 Å². The van der Waals surface area contributed by atoms with Crippen LogP contribution >= 0.6 is 11.6 Å². The third-order valence-electron chi connectivity index (χ3n) is 5.47. The van der Waals surface area contributed by atoms with Crippen molar-refractivity contribution in [3.63, 3.8) is 0 Å². The molecule has 0 spiro atoms. The summed E-state index contributed by atoms with van der Waals surface area (Å²) in [6.45, 7) is 3.61. The summed E-state index contributed by atoms with van der Waals surface area (Å²) < 4.78 is 0. The predicted molar refractivity (Wildman–Crippen MR) is 113 cm³/mol. The molecule has 2 aliphatic rings. The average molecular weight is 427 g/mol. The van der Waals surface area contributed by atoms with Gasteiger partial charge in [-0.05, 0) is 35.4 Å². The van der Waals surface area contributed by atoms with E-state index < -0.39 is 0 Å². The maximum atomic E-state index is 13.4. The lowest BCUT2D eigenvalue weighted by molar-refractivity contribution is -0.138. The van der Waals surface area contributed by atoms with Crippen LogP contribution in [0.5, 0.6) is 0 Å². The molecule has 30 heavy (non-hydrogen) atoms. The highest BCUT2D eigenvalue weighted by molar-refractivity contribution is 6.35. The zero-order valence-corrected chi connectivity index (χ0v) is 17.3. The summed E-state index contributed by atoms with van der Waals surface area (Å²) in [5.74, 6) is -0.579. The van der Waals surface area contributed by atoms with E-state index in [0.29, 0.717) is 41.5 Å². The number of β-amino-alcohol motifs (C(OH)–C–C–N with tert-alkyl or cyclic N) is 1. The van der Waals surface area contributed by atoms with E-state index in [4.69, 9.17) is 11.6 Å². The fourth-order valence-electron chi connectivity index (χ4n) is 3.88. The molecule has 1 N–H and O–H groups in total. The number of aromatic nitrogens is 1. The zero-order valence-electron chi connectivity index (χ0n) is 16.5. The minimum Gasteiger partial charge on any atom is -0.395 e. The molecule has 2 aliphatic heterocycles. The summed E-state index contributed by atoms with van der Waals surface area (Å²) in [5.41, 5.74) is 2.39. The number of carbonyl (C=O) groups excluding carboxylic acids is 2. The SMILES string of the molecule is O=C1C(c2ccc(Cl)cc2)=C(N2CCN(CCO)CC2)C(=O)N1Cc1ccncc1. The summed E-state index contributed by atoms with van der Waals surface area (Å²) in [7, 11) is 0. The molecule has 1 aromatic heterocycles. The van der Waals surface area contributed by atoms with Gasteiger partial charge >= 0.3 is 0 Å². The maximum Gasteiger partial charge on any atom is 0.278 e. The van der Waals surface area contributed by atoms with E-state index in [2.05, 4.69) is 9.88 Å². The Hall–Kier alpha value is -2.74. The van der Waals surface area contributed by atoms with Crippen LogP contribution in [0.2, 0.25) is 5.02 Å². The molecular weight excluding hydrogens is 404 g/mol. The monoisotopic (exact) mass is 426 g/mol. The van der Waals surface area contributed by atoms with E-state index in [-0.39, 0.29) is 25.0 Å². The number of hydrogen-bond donors (Lipinski definition) is 1. The van der Waals surface area contributed by atoms with Crippen LogP contribution in [-0.2, 0) is 16.1 Å². The Labute approximate surface area is 180 Å². The van der Waals surface area contributed by atoms with Crippen LogP contribution in [0.4, 0.5) is 0 Å². The van der Waals surface area contributed by atoms with Gasteiger partial charge in [-0.1, -0.05) is 23.7 Å². The van der Waals surface area contributed by atoms with Gasteiger partial charge in [0.15, 0.2) is 0 Å². The van der Waals surface area contributed by atoms with E-state index in [1.807, 2.05) is 4.90 Å². The van der Waals surface area contributed by atoms with Crippen LogP contribution in [0.3, 0.4) is 0 Å². The first-order valence-corrected chi connectivity index (χ1v) is 10.3. The number of nitrogens with zero attached hydrogens (tertiary/aromatic N) is 4. The highest BCUT2D eigenvalue weighted by Crippen LogP contribution is 2.33. The number of imide groups is 1. The average Bonchev–Trinajstić information content (AvgIpc) is 3.01. The highest BCUT2D eigenvalue weighted by Gasteiger charge is 2.42. The van der Waals surface area contributed by atoms with Gasteiger partial charge in [-0.3, -0.25) is 24.4 Å². The van der Waals surface area contributed by atoms with Gasteiger partial charge in [0, 0.05) is 50.1 Å². The Morgan fingerprint density at radius 2 is 1.60 bits per heavy atom. The number of amides is 2. The first-order chi connectivity index (χ1) is 14.6. The lowest BCUT2D eigenvalue weighted by Gasteiger charge is -2.36. The van der Waals surface area contributed by atoms with Crippen molar-refractivity contribution >= 4 is 29.0 Å². The molecule has 0 atom stereocenters. The third-order valence-corrected chi connectivity index (χ3v) is 5.72. The van der Waals surface area contributed by atoms with Crippen molar-refractivity contribution in [2.75, 3.05) is 39.3 Å². The normalized spacial score (nSPS) is 17.9. The van der Waals surface area contributed by atoms with Crippen molar-refractivity contribution < 1.29 is 14.7 Å². The van der Waals surface area contributed by atoms with Crippen molar-refractivity contribution in [3.8, 4) is 0 Å². The molecule has 8 heteroatoms. The fraction of sp³-hybridized carbons (Fsp3) is 0.318. The third kappa shape index (κ3) is 4.09. The second kappa shape index (κ2) is 8.95. The van der Waals surface area contributed by atoms with Gasteiger partial charge in [-0.25, -0.2) is 0 Å². The molecule has 3 heterocycles. The van der Waals surface area contributed by atoms with E-state index in [1.54, 1.807) is 48.8 Å². The lowest BCUT2D eigenvalue weighted by Crippen LogP contribution is -2.48. The van der Waals surface area contributed by atoms with E-state index in [1.165, 1.54) is 4.90 Å². The standard InChI is InChI=1S/C22H23ClN4O3/c23-18-3-1-17(2-4-18)19-20(26-11-9-25(10-12-26)13-14-28)22(30)27(21(19)29)15-16-5-7-24-8-6-16/h1-8,28H,9-15H2. The Morgan fingerprint density at radius 3 is 2.23 bits per heavy atom. The molecular formula is C22H23ClN4O3. The molecule has 2 aromatic rings. The molecule has 0 aliphatic carbocycles. The molecule has 7 nitrogen and oxygen atoms in total. The molecule has 2 amide bonds. The first kappa shape index (κ1) is 20.5. The van der Waals surface area contributed by atoms with Crippen LogP contribution in [0.15, 0.2) is 54.5 Å². The number of carbonyl (C=O) groups is 2. The maximum absolute atomic E-state index is 13.4. The Bertz CT molecular complexity index is 954. The van der Waals surface area contributed by atoms with Crippen molar-refractivity contribution in [1.82, 2.24) is 19.7 Å². The van der Waals surface area contributed by atoms with Gasteiger partial charge in [0.2, 0.25) is 0 Å². The van der Waals surface area contributed by atoms with Crippen LogP contribution < -0.4 is 0 Å². The van der Waals surface area contributed by atoms with Crippen molar-refractivity contribution in [3.05, 3.63) is 70.6 Å². The number of pyridine rings is 1. The van der Waals surface area contributed by atoms with Gasteiger partial charge in [-0.15, -0.1) is 0 Å². The highest BCUT2D eigenvalue weighted by atomic mass is 35.5. The first-order valence-electron chi connectivity index (χ1n) is 9.92. The number of aliphatic hydroxyl groups excluding tert-OH is 1. The van der Waals surface area contributed by atoms with Crippen molar-refractivity contribution in [1.29, 1.82) is 0 Å². The molecule has 1 saturated heterocycles. The van der Waals surface area contributed by atoms with Gasteiger partial charge < -0.3 is 10.0 Å². The summed E-state index contributed by atoms with van der Waals surface area (Å²) in [6.07, 6.45) is 3.30. The van der Waals surface area contributed by atoms with Crippen LogP contribution in [0, 0.1) is 0 Å². The fourth-order valence-corrected chi connectivity index (χ4v) is 4.01. The molecule has 1 aromatic carbocycles. The quantitative estimate of drug-likeness (QED) is 0.707. The number of rotatable bonds is 6. The number of halogens is 1. The molecule has 156 valence electrons. The predicted octanol–water partition coefficient (Wildman–Crippen LogP) is 1.62. The Kier molecular flexibility index (Phi) is 6.13. The lowest BCUT2D eigenvalue weighted by atomic mass is 10.0. The summed E-state index contributed by atoms with van der Waals surface area (Å²) in [6, 6.07) is 10.6. The van der Waals surface area contributed by atoms with Crippen molar-refractivity contribution in [2.24, 2.45) is 0 Å². The largest absolute Gasteiger partial charge is 0.395 e. The number of piperazine rings is 1. The molecule has 4 rings (SSSR count). The second-order valence-corrected chi connectivity index (χ2v) is 7.77. The summed E-state index contributed by atoms with van der Waals surface area (Å²) in [5, 5.41) is 9.75. The van der Waals surface area contributed by atoms with E-state index >= 15 is 0 Å². The van der Waals surface area contributed by atoms with E-state index in [0.717, 1.165) is 18.7 Å². The Balaban J connectivity index is 1.67. The topological polar surface area (TPSA) is 77.0 Å². The molecule has 1 fully saturated rings. The number of aliphatic hydroxyl groups is 1. The molecule has 0 saturated carbocycles. The minimum atomic E-state index is -0.299. The number of hydrogen-bond acceptors (Lipinski definition) is 6. The number of benzene rings is 1. The van der Waals surface area contributed by atoms with Gasteiger partial charge in [-0.2, -0.15) is 0 Å². The van der Waals surface area contributed by atoms with Crippen molar-refractivity contribution in [2.45, 2.75) is 6.54 Å². The summed E-state index contributed by atoms with van der Waals surface area (Å²) in [4.78, 5) is 36.2. The van der Waals surface area contributed by atoms with Crippen LogP contribution in [0.1, 0.15) is 11.1 Å². The minimum absolute atomic E-state index is 0.107. The second-order valence-electron chi connectivity index (χ2n) is 7.33. The van der Waals surface area contributed by atoms with E-state index in [9.17, 15) is 14.7 Å². The van der Waals surface area contributed by atoms with Gasteiger partial charge in [0.25, 0.3) is 11.8 Å². The molecule has 0 bridgehead atoms. The van der Waals surface area contributed by atoms with Crippen LogP contribution in [0.25, 0.3) is 5.57 Å². The zero-order chi connectivity index (χ0) is 21.1. The van der Waals surface area contributed by atoms with Gasteiger partial charge in [0.05, 0.1) is 18.7 Å². The van der Waals surface area contributed by atoms with Gasteiger partial charge in [0.1, 0.15) is 5.70 Å². The molecule has 0 radical (unpaired) electrons. The summed E-state index contributed by atoms with van der Waals surface area (Å²) >= 11 is 6.03. The smallest absolute Gasteiger partial charge is 0.278 e. The molecule has 0 unspecified atom stereocenters.